The lowest BCUT2D eigenvalue weighted by Crippen LogP contribution is -2.28. The van der Waals surface area contributed by atoms with Crippen LogP contribution in [0.15, 0.2) is 42.6 Å². The second-order valence-electron chi connectivity index (χ2n) is 6.38. The van der Waals surface area contributed by atoms with Gasteiger partial charge in [0.05, 0.1) is 6.10 Å². The highest BCUT2D eigenvalue weighted by molar-refractivity contribution is 5.37. The Kier molecular flexibility index (Phi) is 3.27. The van der Waals surface area contributed by atoms with Gasteiger partial charge in [-0.2, -0.15) is 0 Å². The van der Waals surface area contributed by atoms with Crippen LogP contribution in [0, 0.1) is 0 Å². The Morgan fingerprint density at radius 1 is 0.952 bits per heavy atom. The predicted molar refractivity (Wildman–Crippen MR) is 83.4 cm³/mol. The van der Waals surface area contributed by atoms with Gasteiger partial charge in [0.25, 0.3) is 0 Å². The molecule has 0 radical (unpaired) electrons. The van der Waals surface area contributed by atoms with E-state index in [-0.39, 0.29) is 17.9 Å². The minimum absolute atomic E-state index is 0.200. The van der Waals surface area contributed by atoms with Crippen molar-refractivity contribution >= 4 is 0 Å². The van der Waals surface area contributed by atoms with Gasteiger partial charge in [0, 0.05) is 23.7 Å². The van der Waals surface area contributed by atoms with Gasteiger partial charge in [-0.15, -0.1) is 0 Å². The Bertz CT molecular complexity index is 652. The van der Waals surface area contributed by atoms with Gasteiger partial charge in [0.15, 0.2) is 0 Å². The van der Waals surface area contributed by atoms with Crippen LogP contribution in [0.4, 0.5) is 0 Å². The highest BCUT2D eigenvalue weighted by atomic mass is 16.3. The summed E-state index contributed by atoms with van der Waals surface area (Å²) in [7, 11) is 0. The monoisotopic (exact) mass is 279 g/mol. The Morgan fingerprint density at radius 3 is 2.76 bits per heavy atom. The van der Waals surface area contributed by atoms with E-state index in [1.54, 1.807) is 0 Å². The number of rotatable bonds is 2. The lowest BCUT2D eigenvalue weighted by molar-refractivity contribution is 0.104. The van der Waals surface area contributed by atoms with Crippen molar-refractivity contribution in [2.45, 2.75) is 50.0 Å². The first-order chi connectivity index (χ1) is 10.3. The molecule has 1 heterocycles. The summed E-state index contributed by atoms with van der Waals surface area (Å²) in [6, 6.07) is 12.8. The number of aryl methyl sites for hydroxylation is 2. The number of aliphatic hydroxyl groups is 1. The third-order valence-electron chi connectivity index (χ3n) is 5.24. The molecule has 4 rings (SSSR count). The molecule has 0 amide bonds. The number of aromatic nitrogens is 1. The van der Waals surface area contributed by atoms with Crippen LogP contribution < -0.4 is 0 Å². The van der Waals surface area contributed by atoms with Crippen molar-refractivity contribution in [3.8, 4) is 0 Å². The van der Waals surface area contributed by atoms with Crippen LogP contribution in [-0.4, -0.2) is 16.2 Å². The van der Waals surface area contributed by atoms with E-state index in [1.807, 2.05) is 12.3 Å². The molecule has 108 valence electrons. The number of hydrogen-bond donors (Lipinski definition) is 1. The molecule has 2 aliphatic carbocycles. The third kappa shape index (κ3) is 2.18. The lowest BCUT2D eigenvalue weighted by atomic mass is 9.77. The molecule has 21 heavy (non-hydrogen) atoms. The van der Waals surface area contributed by atoms with Crippen molar-refractivity contribution < 1.29 is 5.11 Å². The first kappa shape index (κ1) is 13.0. The second-order valence-corrected chi connectivity index (χ2v) is 6.38. The minimum atomic E-state index is -0.303. The Labute approximate surface area is 125 Å². The van der Waals surface area contributed by atoms with Crippen molar-refractivity contribution in [2.24, 2.45) is 0 Å². The Morgan fingerprint density at radius 2 is 1.81 bits per heavy atom. The molecular formula is C19H21NO. The molecule has 3 atom stereocenters. The molecule has 0 aliphatic heterocycles. The molecule has 0 fully saturated rings. The maximum Gasteiger partial charge on any atom is 0.0692 e. The van der Waals surface area contributed by atoms with Crippen molar-refractivity contribution in [3.05, 3.63) is 65.0 Å². The highest BCUT2D eigenvalue weighted by Gasteiger charge is 2.36. The van der Waals surface area contributed by atoms with Crippen LogP contribution in [0.1, 0.15) is 53.5 Å². The maximum atomic E-state index is 11.0. The lowest BCUT2D eigenvalue weighted by Gasteiger charge is -2.32. The molecule has 2 heteroatoms. The molecule has 1 N–H and O–H groups in total. The van der Waals surface area contributed by atoms with Gasteiger partial charge in [0.2, 0.25) is 0 Å². The summed E-state index contributed by atoms with van der Waals surface area (Å²) in [5.41, 5.74) is 5.24. The van der Waals surface area contributed by atoms with Crippen LogP contribution in [0.5, 0.6) is 0 Å². The van der Waals surface area contributed by atoms with Gasteiger partial charge in [-0.1, -0.05) is 30.3 Å². The van der Waals surface area contributed by atoms with Crippen LogP contribution in [-0.2, 0) is 12.8 Å². The normalized spacial score (nSPS) is 25.2. The van der Waals surface area contributed by atoms with Crippen molar-refractivity contribution in [3.63, 3.8) is 0 Å². The topological polar surface area (TPSA) is 33.1 Å². The first-order valence-electron chi connectivity index (χ1n) is 8.04. The number of aliphatic hydroxyl groups excluding tert-OH is 1. The maximum absolute atomic E-state index is 11.0. The van der Waals surface area contributed by atoms with Crippen LogP contribution in [0.2, 0.25) is 0 Å². The van der Waals surface area contributed by atoms with E-state index in [0.29, 0.717) is 0 Å². The molecule has 0 bridgehead atoms. The average Bonchev–Trinajstić information content (AvgIpc) is 2.98. The minimum Gasteiger partial charge on any atom is -0.392 e. The molecule has 1 aromatic heterocycles. The number of benzene rings is 1. The standard InChI is InChI=1S/C19H21NO/c21-19(16-11-10-13-5-1-2-8-15(13)16)17-9-3-6-14-7-4-12-20-18(14)17/h1-2,4-5,7-8,12,16-17,19,21H,3,6,9-11H2. The molecule has 2 aliphatic rings. The van der Waals surface area contributed by atoms with E-state index in [2.05, 4.69) is 35.3 Å². The zero-order valence-corrected chi connectivity index (χ0v) is 12.2. The third-order valence-corrected chi connectivity index (χ3v) is 5.24. The zero-order chi connectivity index (χ0) is 14.2. The van der Waals surface area contributed by atoms with Gasteiger partial charge in [-0.3, -0.25) is 4.98 Å². The summed E-state index contributed by atoms with van der Waals surface area (Å²) >= 11 is 0. The van der Waals surface area contributed by atoms with E-state index in [4.69, 9.17) is 0 Å². The van der Waals surface area contributed by atoms with E-state index < -0.39 is 0 Å². The van der Waals surface area contributed by atoms with Gasteiger partial charge in [-0.25, -0.2) is 0 Å². The quantitative estimate of drug-likeness (QED) is 0.911. The SMILES string of the molecule is OC(C1CCc2ccccc21)C1CCCc2cccnc21. The summed E-state index contributed by atoms with van der Waals surface area (Å²) in [4.78, 5) is 4.59. The highest BCUT2D eigenvalue weighted by Crippen LogP contribution is 2.43. The van der Waals surface area contributed by atoms with E-state index in [0.717, 1.165) is 37.8 Å². The van der Waals surface area contributed by atoms with Crippen LogP contribution >= 0.6 is 0 Å². The molecular weight excluding hydrogens is 258 g/mol. The van der Waals surface area contributed by atoms with Crippen molar-refractivity contribution in [2.75, 3.05) is 0 Å². The summed E-state index contributed by atoms with van der Waals surface area (Å²) in [6.45, 7) is 0. The molecule has 2 nitrogen and oxygen atoms in total. The van der Waals surface area contributed by atoms with Gasteiger partial charge in [0.1, 0.15) is 0 Å². The smallest absolute Gasteiger partial charge is 0.0692 e. The number of hydrogen-bond acceptors (Lipinski definition) is 2. The Hall–Kier alpha value is -1.67. The summed E-state index contributed by atoms with van der Waals surface area (Å²) < 4.78 is 0. The van der Waals surface area contributed by atoms with Gasteiger partial charge in [-0.05, 0) is 54.9 Å². The summed E-state index contributed by atoms with van der Waals surface area (Å²) in [5, 5.41) is 11.0. The van der Waals surface area contributed by atoms with Crippen LogP contribution in [0.25, 0.3) is 0 Å². The number of pyridine rings is 1. The molecule has 3 unspecified atom stereocenters. The van der Waals surface area contributed by atoms with Crippen molar-refractivity contribution in [1.29, 1.82) is 0 Å². The fraction of sp³-hybridized carbons (Fsp3) is 0.421. The van der Waals surface area contributed by atoms with Crippen LogP contribution in [0.3, 0.4) is 0 Å². The number of nitrogens with zero attached hydrogens (tertiary/aromatic N) is 1. The van der Waals surface area contributed by atoms with E-state index in [1.165, 1.54) is 16.7 Å². The number of fused-ring (bicyclic) bond motifs is 2. The summed E-state index contributed by atoms with van der Waals surface area (Å²) in [6.07, 6.45) is 7.06. The molecule has 0 saturated heterocycles. The van der Waals surface area contributed by atoms with E-state index >= 15 is 0 Å². The fourth-order valence-corrected chi connectivity index (χ4v) is 4.20. The second kappa shape index (κ2) is 5.27. The van der Waals surface area contributed by atoms with Gasteiger partial charge >= 0.3 is 0 Å². The zero-order valence-electron chi connectivity index (χ0n) is 12.2. The average molecular weight is 279 g/mol. The Balaban J connectivity index is 1.66. The largest absolute Gasteiger partial charge is 0.392 e. The summed E-state index contributed by atoms with van der Waals surface area (Å²) in [5.74, 6) is 0.477. The molecule has 0 spiro atoms. The molecule has 1 aromatic carbocycles. The molecule has 2 aromatic rings. The first-order valence-corrected chi connectivity index (χ1v) is 8.04. The fourth-order valence-electron chi connectivity index (χ4n) is 4.20. The molecule has 0 saturated carbocycles. The van der Waals surface area contributed by atoms with E-state index in [9.17, 15) is 5.11 Å². The van der Waals surface area contributed by atoms with Crippen molar-refractivity contribution in [1.82, 2.24) is 4.98 Å². The van der Waals surface area contributed by atoms with Gasteiger partial charge < -0.3 is 5.11 Å². The predicted octanol–water partition coefficient (Wildman–Crippen LogP) is 3.59.